The molecule has 106 valence electrons. The summed E-state index contributed by atoms with van der Waals surface area (Å²) in [6, 6.07) is 1.16. The lowest BCUT2D eigenvalue weighted by molar-refractivity contribution is -0.0764. The zero-order valence-electron chi connectivity index (χ0n) is 10.8. The molecule has 9 heteroatoms. The van der Waals surface area contributed by atoms with Crippen molar-refractivity contribution >= 4 is 27.9 Å². The molecule has 0 unspecified atom stereocenters. The minimum absolute atomic E-state index is 0.233. The lowest BCUT2D eigenvalue weighted by atomic mass is 10.3. The molecule has 0 fully saturated rings. The first-order chi connectivity index (χ1) is 8.85. The number of hydrogen-bond acceptors (Lipinski definition) is 4. The van der Waals surface area contributed by atoms with Crippen molar-refractivity contribution < 1.29 is 19.5 Å². The summed E-state index contributed by atoms with van der Waals surface area (Å²) in [5.74, 6) is -0.372. The van der Waals surface area contributed by atoms with Crippen LogP contribution >= 0.6 is 15.9 Å². The van der Waals surface area contributed by atoms with Crippen molar-refractivity contribution in [3.8, 4) is 0 Å². The smallest absolute Gasteiger partial charge is 0.404 e. The van der Waals surface area contributed by atoms with Gasteiger partial charge in [0.05, 0.1) is 13.7 Å². The van der Waals surface area contributed by atoms with Crippen LogP contribution in [-0.4, -0.2) is 52.1 Å². The van der Waals surface area contributed by atoms with Crippen molar-refractivity contribution in [3.05, 3.63) is 16.4 Å². The van der Waals surface area contributed by atoms with Crippen LogP contribution < -0.4 is 5.32 Å². The summed E-state index contributed by atoms with van der Waals surface area (Å²) >= 11 is 3.18. The molecule has 1 atom stereocenters. The van der Waals surface area contributed by atoms with E-state index >= 15 is 0 Å². The van der Waals surface area contributed by atoms with Crippen LogP contribution in [0, 0.1) is 0 Å². The van der Waals surface area contributed by atoms with E-state index in [1.54, 1.807) is 13.0 Å². The van der Waals surface area contributed by atoms with Gasteiger partial charge in [-0.2, -0.15) is 5.10 Å². The van der Waals surface area contributed by atoms with Crippen molar-refractivity contribution in [2.75, 3.05) is 14.2 Å². The molecule has 0 aromatic carbocycles. The molecule has 0 bridgehead atoms. The van der Waals surface area contributed by atoms with Crippen molar-refractivity contribution in [2.24, 2.45) is 0 Å². The summed E-state index contributed by atoms with van der Waals surface area (Å²) in [4.78, 5) is 27.3. The largest absolute Gasteiger partial charge is 0.465 e. The van der Waals surface area contributed by atoms with Crippen molar-refractivity contribution in [3.63, 3.8) is 0 Å². The summed E-state index contributed by atoms with van der Waals surface area (Å²) < 4.78 is 1.91. The fourth-order valence-corrected chi connectivity index (χ4v) is 1.87. The Bertz CT molecular complexity index is 476. The maximum Gasteiger partial charge on any atom is 0.404 e. The molecule has 1 rings (SSSR count). The predicted octanol–water partition coefficient (Wildman–Crippen LogP) is 0.935. The van der Waals surface area contributed by atoms with Gasteiger partial charge in [0.2, 0.25) is 0 Å². The number of carbonyl (C=O) groups is 2. The van der Waals surface area contributed by atoms with Crippen molar-refractivity contribution in [1.29, 1.82) is 0 Å². The molecule has 0 radical (unpaired) electrons. The SMILES string of the molecule is CON(C)C(=O)c1cc(Br)nn1C[C@@H](C)NC(=O)O. The van der Waals surface area contributed by atoms with E-state index in [4.69, 9.17) is 9.94 Å². The third-order valence-electron chi connectivity index (χ3n) is 2.35. The van der Waals surface area contributed by atoms with Gasteiger partial charge >= 0.3 is 6.09 Å². The van der Waals surface area contributed by atoms with Crippen LogP contribution in [0.4, 0.5) is 4.79 Å². The molecular formula is C10H15BrN4O4. The molecule has 1 aromatic rings. The summed E-state index contributed by atoms with van der Waals surface area (Å²) in [6.07, 6.45) is -1.12. The van der Waals surface area contributed by atoms with E-state index in [1.165, 1.54) is 18.8 Å². The van der Waals surface area contributed by atoms with Crippen LogP contribution in [0.3, 0.4) is 0 Å². The molecular weight excluding hydrogens is 320 g/mol. The number of carboxylic acid groups (broad SMARTS) is 1. The summed E-state index contributed by atoms with van der Waals surface area (Å²) in [6.45, 7) is 1.91. The summed E-state index contributed by atoms with van der Waals surface area (Å²) in [5.41, 5.74) is 0.301. The summed E-state index contributed by atoms with van der Waals surface area (Å²) in [7, 11) is 2.86. The third-order valence-corrected chi connectivity index (χ3v) is 2.73. The van der Waals surface area contributed by atoms with Gasteiger partial charge in [-0.3, -0.25) is 14.3 Å². The fourth-order valence-electron chi connectivity index (χ4n) is 1.46. The van der Waals surface area contributed by atoms with Gasteiger partial charge < -0.3 is 10.4 Å². The summed E-state index contributed by atoms with van der Waals surface area (Å²) in [5, 5.41) is 16.1. The maximum absolute atomic E-state index is 12.0. The Morgan fingerprint density at radius 2 is 2.32 bits per heavy atom. The number of nitrogens with one attached hydrogen (secondary N) is 1. The highest BCUT2D eigenvalue weighted by molar-refractivity contribution is 9.10. The number of nitrogens with zero attached hydrogens (tertiary/aromatic N) is 3. The molecule has 1 heterocycles. The maximum atomic E-state index is 12.0. The number of rotatable bonds is 5. The number of carbonyl (C=O) groups excluding carboxylic acids is 1. The van der Waals surface area contributed by atoms with Crippen LogP contribution in [0.1, 0.15) is 17.4 Å². The van der Waals surface area contributed by atoms with E-state index < -0.39 is 6.09 Å². The lowest BCUT2D eigenvalue weighted by Gasteiger charge is -2.16. The van der Waals surface area contributed by atoms with Gasteiger partial charge in [0.15, 0.2) is 0 Å². The molecule has 0 saturated heterocycles. The monoisotopic (exact) mass is 334 g/mol. The Kier molecular flexibility index (Phi) is 5.31. The Labute approximate surface area is 118 Å². The normalized spacial score (nSPS) is 12.0. The molecule has 0 aliphatic rings. The Morgan fingerprint density at radius 3 is 2.84 bits per heavy atom. The van der Waals surface area contributed by atoms with E-state index in [2.05, 4.69) is 26.3 Å². The highest BCUT2D eigenvalue weighted by Gasteiger charge is 2.20. The van der Waals surface area contributed by atoms with Crippen LogP contribution in [0.15, 0.2) is 10.7 Å². The van der Waals surface area contributed by atoms with Crippen molar-refractivity contribution in [2.45, 2.75) is 19.5 Å². The molecule has 0 spiro atoms. The molecule has 2 N–H and O–H groups in total. The van der Waals surface area contributed by atoms with Gasteiger partial charge in [-0.1, -0.05) is 0 Å². The average molecular weight is 335 g/mol. The molecule has 8 nitrogen and oxygen atoms in total. The van der Waals surface area contributed by atoms with E-state index in [0.717, 1.165) is 5.06 Å². The van der Waals surface area contributed by atoms with Gasteiger partial charge in [0.1, 0.15) is 10.3 Å². The Hall–Kier alpha value is -1.61. The lowest BCUT2D eigenvalue weighted by Crippen LogP contribution is -2.36. The van der Waals surface area contributed by atoms with Crippen LogP contribution in [0.2, 0.25) is 0 Å². The Morgan fingerprint density at radius 1 is 1.68 bits per heavy atom. The van der Waals surface area contributed by atoms with E-state index in [9.17, 15) is 9.59 Å². The molecule has 2 amide bonds. The number of halogens is 1. The van der Waals surface area contributed by atoms with E-state index in [-0.39, 0.29) is 18.5 Å². The molecule has 1 aromatic heterocycles. The second-order valence-electron chi connectivity index (χ2n) is 3.87. The highest BCUT2D eigenvalue weighted by Crippen LogP contribution is 2.13. The standard InChI is InChI=1S/C10H15BrN4O4/c1-6(12-10(17)18)5-15-7(4-8(11)13-15)9(16)14(2)19-3/h4,6,12H,5H2,1-3H3,(H,17,18)/t6-/m1/s1. The van der Waals surface area contributed by atoms with E-state index in [1.807, 2.05) is 0 Å². The van der Waals surface area contributed by atoms with Crippen LogP contribution in [0.5, 0.6) is 0 Å². The van der Waals surface area contributed by atoms with Crippen LogP contribution in [0.25, 0.3) is 0 Å². The van der Waals surface area contributed by atoms with Crippen LogP contribution in [-0.2, 0) is 11.4 Å². The molecule has 0 aliphatic heterocycles. The zero-order valence-corrected chi connectivity index (χ0v) is 12.3. The predicted molar refractivity (Wildman–Crippen MR) is 69.7 cm³/mol. The number of aromatic nitrogens is 2. The van der Waals surface area contributed by atoms with Gasteiger partial charge in [-0.15, -0.1) is 0 Å². The fraction of sp³-hybridized carbons (Fsp3) is 0.500. The quantitative estimate of drug-likeness (QED) is 0.781. The van der Waals surface area contributed by atoms with Gasteiger partial charge in [-0.05, 0) is 22.9 Å². The molecule has 0 saturated carbocycles. The first-order valence-electron chi connectivity index (χ1n) is 5.40. The Balaban J connectivity index is 2.89. The third kappa shape index (κ3) is 4.21. The first-order valence-corrected chi connectivity index (χ1v) is 6.19. The van der Waals surface area contributed by atoms with Gasteiger partial charge in [-0.25, -0.2) is 9.86 Å². The second-order valence-corrected chi connectivity index (χ2v) is 4.68. The average Bonchev–Trinajstić information content (AvgIpc) is 2.66. The van der Waals surface area contributed by atoms with Gasteiger partial charge in [0, 0.05) is 19.2 Å². The highest BCUT2D eigenvalue weighted by atomic mass is 79.9. The van der Waals surface area contributed by atoms with Gasteiger partial charge in [0.25, 0.3) is 5.91 Å². The van der Waals surface area contributed by atoms with E-state index in [0.29, 0.717) is 10.3 Å². The number of amides is 2. The van der Waals surface area contributed by atoms with Crippen molar-refractivity contribution in [1.82, 2.24) is 20.2 Å². The minimum Gasteiger partial charge on any atom is -0.465 e. The zero-order chi connectivity index (χ0) is 14.6. The second kappa shape index (κ2) is 6.53. The minimum atomic E-state index is -1.12. The molecule has 0 aliphatic carbocycles. The first kappa shape index (κ1) is 15.4. The molecule has 19 heavy (non-hydrogen) atoms. The number of hydroxylamine groups is 2. The topological polar surface area (TPSA) is 96.7 Å². The number of hydrogen-bond donors (Lipinski definition) is 2.